The van der Waals surface area contributed by atoms with Crippen molar-refractivity contribution < 1.29 is 4.79 Å². The van der Waals surface area contributed by atoms with Crippen molar-refractivity contribution in [3.63, 3.8) is 0 Å². The summed E-state index contributed by atoms with van der Waals surface area (Å²) in [5.41, 5.74) is 2.29. The summed E-state index contributed by atoms with van der Waals surface area (Å²) < 4.78 is 0. The number of benzene rings is 1. The maximum absolute atomic E-state index is 12.3. The number of thioether (sulfide) groups is 1. The lowest BCUT2D eigenvalue weighted by Crippen LogP contribution is -2.30. The minimum Gasteiger partial charge on any atom is -0.311 e. The number of para-hydroxylation sites is 1. The van der Waals surface area contributed by atoms with Crippen molar-refractivity contribution in [3.8, 4) is 0 Å². The molecule has 1 aromatic heterocycles. The van der Waals surface area contributed by atoms with E-state index in [1.807, 2.05) is 30.0 Å². The van der Waals surface area contributed by atoms with Crippen molar-refractivity contribution in [1.82, 2.24) is 15.2 Å². The van der Waals surface area contributed by atoms with E-state index in [2.05, 4.69) is 21.2 Å². The fourth-order valence-corrected chi connectivity index (χ4v) is 3.00. The van der Waals surface area contributed by atoms with Crippen molar-refractivity contribution in [2.24, 2.45) is 0 Å². The Morgan fingerprint density at radius 3 is 3.10 bits per heavy atom. The molecule has 5 nitrogen and oxygen atoms in total. The Bertz CT molecular complexity index is 625. The van der Waals surface area contributed by atoms with Crippen molar-refractivity contribution in [1.29, 1.82) is 0 Å². The van der Waals surface area contributed by atoms with Crippen LogP contribution < -0.4 is 4.90 Å². The van der Waals surface area contributed by atoms with Gasteiger partial charge in [0.2, 0.25) is 11.1 Å². The van der Waals surface area contributed by atoms with E-state index in [-0.39, 0.29) is 5.91 Å². The molecule has 0 spiro atoms. The minimum absolute atomic E-state index is 0.114. The zero-order valence-corrected chi connectivity index (χ0v) is 12.1. The summed E-state index contributed by atoms with van der Waals surface area (Å²) in [5, 5.41) is 7.58. The van der Waals surface area contributed by atoms with Crippen LogP contribution in [-0.2, 0) is 17.6 Å². The average Bonchev–Trinajstić information content (AvgIpc) is 3.11. The highest BCUT2D eigenvalue weighted by Crippen LogP contribution is 2.28. The lowest BCUT2D eigenvalue weighted by molar-refractivity contribution is -0.116. The van der Waals surface area contributed by atoms with Gasteiger partial charge in [-0.3, -0.25) is 9.89 Å². The number of aromatic nitrogens is 3. The van der Waals surface area contributed by atoms with Crippen LogP contribution >= 0.6 is 11.8 Å². The maximum Gasteiger partial charge on any atom is 0.237 e. The number of fused-ring (bicyclic) bond motifs is 1. The molecule has 6 heteroatoms. The van der Waals surface area contributed by atoms with Gasteiger partial charge in [-0.15, -0.1) is 5.10 Å². The molecule has 1 aromatic carbocycles. The fraction of sp³-hybridized carbons (Fsp3) is 0.357. The zero-order valence-electron chi connectivity index (χ0n) is 11.3. The Labute approximate surface area is 121 Å². The first kappa shape index (κ1) is 13.2. The Morgan fingerprint density at radius 2 is 2.30 bits per heavy atom. The second-order valence-electron chi connectivity index (χ2n) is 4.63. The van der Waals surface area contributed by atoms with Gasteiger partial charge in [0.05, 0.1) is 5.75 Å². The summed E-state index contributed by atoms with van der Waals surface area (Å²) in [7, 11) is 0. The van der Waals surface area contributed by atoms with Crippen LogP contribution in [0.5, 0.6) is 0 Å². The summed E-state index contributed by atoms with van der Waals surface area (Å²) in [5.74, 6) is 1.34. The number of carbonyl (C=O) groups excluding carboxylic acids is 1. The normalized spacial score (nSPS) is 13.6. The van der Waals surface area contributed by atoms with Crippen molar-refractivity contribution in [3.05, 3.63) is 35.7 Å². The molecular formula is C14H16N4OS. The van der Waals surface area contributed by atoms with E-state index < -0.39 is 0 Å². The van der Waals surface area contributed by atoms with E-state index in [0.717, 1.165) is 30.9 Å². The molecule has 1 amide bonds. The molecule has 0 saturated carbocycles. The second kappa shape index (κ2) is 5.66. The summed E-state index contributed by atoms with van der Waals surface area (Å²) in [6, 6.07) is 8.08. The van der Waals surface area contributed by atoms with Gasteiger partial charge in [-0.05, 0) is 18.1 Å². The number of anilines is 1. The van der Waals surface area contributed by atoms with Gasteiger partial charge in [0, 0.05) is 18.7 Å². The first-order valence-electron chi connectivity index (χ1n) is 6.70. The van der Waals surface area contributed by atoms with Crippen LogP contribution in [0.25, 0.3) is 0 Å². The SMILES string of the molecule is CCc1nc(SCC(=O)N2CCc3ccccc32)n[nH]1. The average molecular weight is 288 g/mol. The number of nitrogens with zero attached hydrogens (tertiary/aromatic N) is 3. The topological polar surface area (TPSA) is 61.9 Å². The smallest absolute Gasteiger partial charge is 0.237 e. The minimum atomic E-state index is 0.114. The summed E-state index contributed by atoms with van der Waals surface area (Å²) in [6.45, 7) is 2.79. The predicted molar refractivity (Wildman–Crippen MR) is 79.0 cm³/mol. The highest BCUT2D eigenvalue weighted by atomic mass is 32.2. The molecule has 104 valence electrons. The number of rotatable bonds is 4. The summed E-state index contributed by atoms with van der Waals surface area (Å²) in [6.07, 6.45) is 1.76. The Hall–Kier alpha value is -1.82. The molecule has 1 N–H and O–H groups in total. The van der Waals surface area contributed by atoms with Gasteiger partial charge in [-0.2, -0.15) is 0 Å². The Balaban J connectivity index is 1.63. The molecule has 2 heterocycles. The fourth-order valence-electron chi connectivity index (χ4n) is 2.30. The van der Waals surface area contributed by atoms with Crippen LogP contribution in [0.15, 0.2) is 29.4 Å². The van der Waals surface area contributed by atoms with Gasteiger partial charge < -0.3 is 4.90 Å². The van der Waals surface area contributed by atoms with Gasteiger partial charge in [0.15, 0.2) is 0 Å². The van der Waals surface area contributed by atoms with Crippen LogP contribution in [0.4, 0.5) is 5.69 Å². The van der Waals surface area contributed by atoms with Gasteiger partial charge in [0.25, 0.3) is 0 Å². The predicted octanol–water partition coefficient (Wildman–Crippen LogP) is 2.05. The molecule has 0 radical (unpaired) electrons. The third kappa shape index (κ3) is 2.56. The van der Waals surface area contributed by atoms with E-state index in [1.54, 1.807) is 0 Å². The van der Waals surface area contributed by atoms with Gasteiger partial charge >= 0.3 is 0 Å². The molecule has 1 aliphatic heterocycles. The third-order valence-electron chi connectivity index (χ3n) is 3.36. The van der Waals surface area contributed by atoms with Crippen LogP contribution in [0.3, 0.4) is 0 Å². The lowest BCUT2D eigenvalue weighted by Gasteiger charge is -2.16. The molecule has 20 heavy (non-hydrogen) atoms. The number of aryl methyl sites for hydroxylation is 1. The van der Waals surface area contributed by atoms with Gasteiger partial charge in [-0.1, -0.05) is 36.9 Å². The van der Waals surface area contributed by atoms with Gasteiger partial charge in [0.1, 0.15) is 5.82 Å². The number of nitrogens with one attached hydrogen (secondary N) is 1. The third-order valence-corrected chi connectivity index (χ3v) is 4.19. The molecule has 1 aliphatic rings. The van der Waals surface area contributed by atoms with Crippen molar-refractivity contribution in [2.75, 3.05) is 17.2 Å². The Kier molecular flexibility index (Phi) is 3.73. The van der Waals surface area contributed by atoms with Crippen molar-refractivity contribution >= 4 is 23.4 Å². The number of carbonyl (C=O) groups is 1. The number of hydrogen-bond acceptors (Lipinski definition) is 4. The number of hydrogen-bond donors (Lipinski definition) is 1. The quantitative estimate of drug-likeness (QED) is 0.875. The Morgan fingerprint density at radius 1 is 1.45 bits per heavy atom. The maximum atomic E-state index is 12.3. The molecule has 0 bridgehead atoms. The van der Waals surface area contributed by atoms with E-state index in [4.69, 9.17) is 0 Å². The summed E-state index contributed by atoms with van der Waals surface area (Å²) in [4.78, 5) is 18.5. The van der Waals surface area contributed by atoms with E-state index in [0.29, 0.717) is 10.9 Å². The molecule has 0 fully saturated rings. The zero-order chi connectivity index (χ0) is 13.9. The van der Waals surface area contributed by atoms with Crippen LogP contribution in [0.1, 0.15) is 18.3 Å². The molecule has 0 saturated heterocycles. The lowest BCUT2D eigenvalue weighted by atomic mass is 10.2. The number of aromatic amines is 1. The highest BCUT2D eigenvalue weighted by molar-refractivity contribution is 7.99. The van der Waals surface area contributed by atoms with E-state index >= 15 is 0 Å². The molecule has 0 aliphatic carbocycles. The first-order chi connectivity index (χ1) is 9.78. The van der Waals surface area contributed by atoms with Gasteiger partial charge in [-0.25, -0.2) is 4.98 Å². The number of amides is 1. The highest BCUT2D eigenvalue weighted by Gasteiger charge is 2.24. The van der Waals surface area contributed by atoms with E-state index in [9.17, 15) is 4.79 Å². The largest absolute Gasteiger partial charge is 0.311 e. The molecule has 2 aromatic rings. The van der Waals surface area contributed by atoms with E-state index in [1.165, 1.54) is 17.3 Å². The number of H-pyrrole nitrogens is 1. The molecule has 0 unspecified atom stereocenters. The summed E-state index contributed by atoms with van der Waals surface area (Å²) >= 11 is 1.38. The molecule has 0 atom stereocenters. The monoisotopic (exact) mass is 288 g/mol. The second-order valence-corrected chi connectivity index (χ2v) is 5.57. The van der Waals surface area contributed by atoms with Crippen LogP contribution in [0, 0.1) is 0 Å². The van der Waals surface area contributed by atoms with Crippen LogP contribution in [-0.4, -0.2) is 33.4 Å². The van der Waals surface area contributed by atoms with Crippen LogP contribution in [0.2, 0.25) is 0 Å². The first-order valence-corrected chi connectivity index (χ1v) is 7.69. The standard InChI is InChI=1S/C14H16N4OS/c1-2-12-15-14(17-16-12)20-9-13(19)18-8-7-10-5-3-4-6-11(10)18/h3-6H,2,7-9H2,1H3,(H,15,16,17). The van der Waals surface area contributed by atoms with Crippen molar-refractivity contribution in [2.45, 2.75) is 24.9 Å². The molecule has 3 rings (SSSR count). The molecular weight excluding hydrogens is 272 g/mol.